The molecular formula is C16H19ClN4O2. The zero-order valence-corrected chi connectivity index (χ0v) is 14.0. The number of methoxy groups -OCH3 is 1. The van der Waals surface area contributed by atoms with Crippen LogP contribution in [0.5, 0.6) is 5.75 Å². The Labute approximate surface area is 140 Å². The fraction of sp³-hybridized carbons (Fsp3) is 0.312. The van der Waals surface area contributed by atoms with Crippen LogP contribution in [0, 0.1) is 5.92 Å². The molecule has 0 radical (unpaired) electrons. The molecule has 6 nitrogen and oxygen atoms in total. The normalized spacial score (nSPS) is 10.5. The summed E-state index contributed by atoms with van der Waals surface area (Å²) in [4.78, 5) is 20.1. The number of halogens is 1. The van der Waals surface area contributed by atoms with E-state index in [-0.39, 0.29) is 5.91 Å². The molecule has 7 heteroatoms. The standard InChI is InChI=1S/C16H19ClN4O2/c1-10(2)8-18-16(22)13-7-15(20-9-19-13)21-11-4-5-14(23-3)12(17)6-11/h4-7,9-10H,8H2,1-3H3,(H,18,22)(H,19,20,21). The first-order chi connectivity index (χ1) is 11.0. The second-order valence-corrected chi connectivity index (χ2v) is 5.77. The van der Waals surface area contributed by atoms with Crippen molar-refractivity contribution in [1.29, 1.82) is 0 Å². The average Bonchev–Trinajstić information content (AvgIpc) is 2.53. The van der Waals surface area contributed by atoms with Crippen molar-refractivity contribution in [3.05, 3.63) is 41.3 Å². The molecule has 0 aliphatic rings. The lowest BCUT2D eigenvalue weighted by Crippen LogP contribution is -2.28. The molecule has 2 rings (SSSR count). The van der Waals surface area contributed by atoms with Gasteiger partial charge in [0.15, 0.2) is 0 Å². The number of hydrogen-bond donors (Lipinski definition) is 2. The van der Waals surface area contributed by atoms with Gasteiger partial charge in [-0.05, 0) is 24.1 Å². The molecule has 0 fully saturated rings. The molecule has 1 amide bonds. The number of benzene rings is 1. The molecule has 0 atom stereocenters. The summed E-state index contributed by atoms with van der Waals surface area (Å²) in [5.74, 6) is 1.25. The van der Waals surface area contributed by atoms with Gasteiger partial charge in [0.2, 0.25) is 0 Å². The number of amides is 1. The van der Waals surface area contributed by atoms with E-state index in [0.717, 1.165) is 5.69 Å². The number of aromatic nitrogens is 2. The van der Waals surface area contributed by atoms with Crippen LogP contribution in [0.2, 0.25) is 5.02 Å². The van der Waals surface area contributed by atoms with E-state index in [0.29, 0.717) is 34.7 Å². The van der Waals surface area contributed by atoms with E-state index in [9.17, 15) is 4.79 Å². The van der Waals surface area contributed by atoms with Crippen molar-refractivity contribution in [1.82, 2.24) is 15.3 Å². The third-order valence-electron chi connectivity index (χ3n) is 2.99. The van der Waals surface area contributed by atoms with E-state index in [4.69, 9.17) is 16.3 Å². The Morgan fingerprint density at radius 1 is 1.30 bits per heavy atom. The zero-order valence-electron chi connectivity index (χ0n) is 13.3. The van der Waals surface area contributed by atoms with E-state index in [1.54, 1.807) is 25.3 Å². The summed E-state index contributed by atoms with van der Waals surface area (Å²) >= 11 is 6.09. The number of anilines is 2. The molecule has 0 spiro atoms. The van der Waals surface area contributed by atoms with Gasteiger partial charge in [0.1, 0.15) is 23.6 Å². The molecule has 2 aromatic rings. The Kier molecular flexibility index (Phi) is 5.76. The summed E-state index contributed by atoms with van der Waals surface area (Å²) in [6, 6.07) is 6.88. The smallest absolute Gasteiger partial charge is 0.270 e. The lowest BCUT2D eigenvalue weighted by Gasteiger charge is -2.10. The lowest BCUT2D eigenvalue weighted by atomic mass is 10.2. The number of nitrogens with zero attached hydrogens (tertiary/aromatic N) is 2. The monoisotopic (exact) mass is 334 g/mol. The van der Waals surface area contributed by atoms with Crippen LogP contribution in [-0.4, -0.2) is 29.5 Å². The van der Waals surface area contributed by atoms with Gasteiger partial charge in [0, 0.05) is 18.3 Å². The SMILES string of the molecule is COc1ccc(Nc2cc(C(=O)NCC(C)C)ncn2)cc1Cl. The summed E-state index contributed by atoms with van der Waals surface area (Å²) in [5, 5.41) is 6.39. The number of hydrogen-bond acceptors (Lipinski definition) is 5. The van der Waals surface area contributed by atoms with Crippen molar-refractivity contribution < 1.29 is 9.53 Å². The van der Waals surface area contributed by atoms with E-state index >= 15 is 0 Å². The van der Waals surface area contributed by atoms with E-state index in [2.05, 4.69) is 20.6 Å². The van der Waals surface area contributed by atoms with Crippen LogP contribution in [-0.2, 0) is 0 Å². The molecule has 0 aliphatic carbocycles. The van der Waals surface area contributed by atoms with Crippen LogP contribution in [0.4, 0.5) is 11.5 Å². The Morgan fingerprint density at radius 2 is 2.09 bits per heavy atom. The van der Waals surface area contributed by atoms with Crippen LogP contribution in [0.3, 0.4) is 0 Å². The summed E-state index contributed by atoms with van der Waals surface area (Å²) in [5.41, 5.74) is 1.05. The molecule has 0 aliphatic heterocycles. The third-order valence-corrected chi connectivity index (χ3v) is 3.29. The number of rotatable bonds is 6. The average molecular weight is 335 g/mol. The quantitative estimate of drug-likeness (QED) is 0.848. The topological polar surface area (TPSA) is 76.1 Å². The van der Waals surface area contributed by atoms with Crippen molar-refractivity contribution >= 4 is 29.0 Å². The maximum atomic E-state index is 12.0. The number of ether oxygens (including phenoxy) is 1. The highest BCUT2D eigenvalue weighted by Crippen LogP contribution is 2.28. The summed E-state index contributed by atoms with van der Waals surface area (Å²) in [6.07, 6.45) is 1.34. The molecule has 122 valence electrons. The van der Waals surface area contributed by atoms with Crippen molar-refractivity contribution in [2.45, 2.75) is 13.8 Å². The van der Waals surface area contributed by atoms with Crippen LogP contribution in [0.25, 0.3) is 0 Å². The summed E-state index contributed by atoms with van der Waals surface area (Å²) in [7, 11) is 1.56. The van der Waals surface area contributed by atoms with Gasteiger partial charge in [0.25, 0.3) is 5.91 Å². The van der Waals surface area contributed by atoms with Crippen molar-refractivity contribution in [3.8, 4) is 5.75 Å². The van der Waals surface area contributed by atoms with Crippen molar-refractivity contribution in [2.75, 3.05) is 19.0 Å². The van der Waals surface area contributed by atoms with Gasteiger partial charge in [-0.15, -0.1) is 0 Å². The highest BCUT2D eigenvalue weighted by molar-refractivity contribution is 6.32. The fourth-order valence-electron chi connectivity index (χ4n) is 1.83. The van der Waals surface area contributed by atoms with Crippen LogP contribution >= 0.6 is 11.6 Å². The first-order valence-electron chi connectivity index (χ1n) is 7.20. The summed E-state index contributed by atoms with van der Waals surface area (Å²) in [6.45, 7) is 4.65. The first kappa shape index (κ1) is 17.0. The second-order valence-electron chi connectivity index (χ2n) is 5.37. The number of carbonyl (C=O) groups excluding carboxylic acids is 1. The Bertz CT molecular complexity index is 692. The number of carbonyl (C=O) groups is 1. The van der Waals surface area contributed by atoms with E-state index in [1.165, 1.54) is 6.33 Å². The largest absolute Gasteiger partial charge is 0.495 e. The highest BCUT2D eigenvalue weighted by Gasteiger charge is 2.09. The fourth-order valence-corrected chi connectivity index (χ4v) is 2.09. The van der Waals surface area contributed by atoms with Crippen LogP contribution in [0.1, 0.15) is 24.3 Å². The molecule has 1 aromatic heterocycles. The van der Waals surface area contributed by atoms with Crippen LogP contribution in [0.15, 0.2) is 30.6 Å². The van der Waals surface area contributed by atoms with Gasteiger partial charge in [-0.2, -0.15) is 0 Å². The molecule has 1 aromatic carbocycles. The molecule has 23 heavy (non-hydrogen) atoms. The van der Waals surface area contributed by atoms with Gasteiger partial charge < -0.3 is 15.4 Å². The van der Waals surface area contributed by atoms with Gasteiger partial charge in [0.05, 0.1) is 12.1 Å². The molecule has 0 bridgehead atoms. The molecule has 0 saturated carbocycles. The van der Waals surface area contributed by atoms with Gasteiger partial charge in [-0.1, -0.05) is 25.4 Å². The summed E-state index contributed by atoms with van der Waals surface area (Å²) < 4.78 is 5.11. The molecule has 1 heterocycles. The molecular weight excluding hydrogens is 316 g/mol. The minimum absolute atomic E-state index is 0.225. The Balaban J connectivity index is 2.10. The van der Waals surface area contributed by atoms with Crippen molar-refractivity contribution in [3.63, 3.8) is 0 Å². The van der Waals surface area contributed by atoms with Gasteiger partial charge >= 0.3 is 0 Å². The maximum absolute atomic E-state index is 12.0. The van der Waals surface area contributed by atoms with Crippen molar-refractivity contribution in [2.24, 2.45) is 5.92 Å². The Morgan fingerprint density at radius 3 is 2.74 bits per heavy atom. The van der Waals surface area contributed by atoms with Gasteiger partial charge in [-0.3, -0.25) is 4.79 Å². The molecule has 0 saturated heterocycles. The third kappa shape index (κ3) is 4.82. The highest BCUT2D eigenvalue weighted by atomic mass is 35.5. The first-order valence-corrected chi connectivity index (χ1v) is 7.58. The molecule has 2 N–H and O–H groups in total. The minimum atomic E-state index is -0.225. The maximum Gasteiger partial charge on any atom is 0.270 e. The zero-order chi connectivity index (χ0) is 16.8. The molecule has 0 unspecified atom stereocenters. The predicted octanol–water partition coefficient (Wildman–Crippen LogP) is 3.27. The minimum Gasteiger partial charge on any atom is -0.495 e. The predicted molar refractivity (Wildman–Crippen MR) is 90.5 cm³/mol. The second kappa shape index (κ2) is 7.78. The number of nitrogens with one attached hydrogen (secondary N) is 2. The lowest BCUT2D eigenvalue weighted by molar-refractivity contribution is 0.0944. The van der Waals surface area contributed by atoms with E-state index in [1.807, 2.05) is 19.9 Å². The van der Waals surface area contributed by atoms with E-state index < -0.39 is 0 Å². The van der Waals surface area contributed by atoms with Gasteiger partial charge in [-0.25, -0.2) is 9.97 Å². The Hall–Kier alpha value is -2.34. The van der Waals surface area contributed by atoms with Crippen LogP contribution < -0.4 is 15.4 Å².